The molecule has 4 heteroatoms. The predicted molar refractivity (Wildman–Crippen MR) is 88.5 cm³/mol. The molecular weight excluding hydrogens is 331 g/mol. The summed E-state index contributed by atoms with van der Waals surface area (Å²) in [4.78, 5) is 0. The third kappa shape index (κ3) is 3.51. The molecule has 21 heavy (non-hydrogen) atoms. The van der Waals surface area contributed by atoms with Crippen LogP contribution in [0.15, 0.2) is 34.8 Å². The summed E-state index contributed by atoms with van der Waals surface area (Å²) in [5, 5.41) is 0. The number of benzene rings is 2. The van der Waals surface area contributed by atoms with Gasteiger partial charge >= 0.3 is 0 Å². The number of nitrogens with two attached hydrogens (primary N) is 1. The standard InChI is InChI=1S/C17H20BrFN2/c1-10-7-11(2)14(12(3)8-10)9-16(21-20)13-5-4-6-15(18)17(13)19/h4-8,16,21H,9,20H2,1-3H3. The van der Waals surface area contributed by atoms with E-state index >= 15 is 0 Å². The summed E-state index contributed by atoms with van der Waals surface area (Å²) in [5.74, 6) is 5.41. The van der Waals surface area contributed by atoms with Crippen LogP contribution in [0.2, 0.25) is 0 Å². The van der Waals surface area contributed by atoms with Crippen LogP contribution in [0, 0.1) is 26.6 Å². The third-order valence-electron chi connectivity index (χ3n) is 3.81. The van der Waals surface area contributed by atoms with Crippen molar-refractivity contribution in [1.29, 1.82) is 0 Å². The van der Waals surface area contributed by atoms with Crippen LogP contribution < -0.4 is 11.3 Å². The van der Waals surface area contributed by atoms with Gasteiger partial charge in [0, 0.05) is 5.56 Å². The van der Waals surface area contributed by atoms with Gasteiger partial charge < -0.3 is 0 Å². The summed E-state index contributed by atoms with van der Waals surface area (Å²) in [6.07, 6.45) is 0.655. The lowest BCUT2D eigenvalue weighted by Crippen LogP contribution is -2.30. The average molecular weight is 351 g/mol. The maximum Gasteiger partial charge on any atom is 0.142 e. The van der Waals surface area contributed by atoms with Crippen molar-refractivity contribution in [3.8, 4) is 0 Å². The molecule has 0 bridgehead atoms. The van der Waals surface area contributed by atoms with Crippen LogP contribution >= 0.6 is 15.9 Å². The average Bonchev–Trinajstić information content (AvgIpc) is 2.42. The molecule has 1 atom stereocenters. The van der Waals surface area contributed by atoms with Crippen molar-refractivity contribution in [3.63, 3.8) is 0 Å². The largest absolute Gasteiger partial charge is 0.271 e. The van der Waals surface area contributed by atoms with Gasteiger partial charge in [-0.2, -0.15) is 0 Å². The minimum atomic E-state index is -0.261. The van der Waals surface area contributed by atoms with E-state index < -0.39 is 0 Å². The summed E-state index contributed by atoms with van der Waals surface area (Å²) >= 11 is 3.22. The van der Waals surface area contributed by atoms with Crippen molar-refractivity contribution in [3.05, 3.63) is 68.4 Å². The van der Waals surface area contributed by atoms with E-state index in [0.29, 0.717) is 16.5 Å². The Bertz CT molecular complexity index is 632. The normalized spacial score (nSPS) is 12.5. The van der Waals surface area contributed by atoms with Gasteiger partial charge in [-0.25, -0.2) is 4.39 Å². The van der Waals surface area contributed by atoms with Crippen molar-refractivity contribution in [2.45, 2.75) is 33.2 Å². The summed E-state index contributed by atoms with van der Waals surface area (Å²) in [6.45, 7) is 6.25. The first-order chi connectivity index (χ1) is 9.93. The zero-order valence-electron chi connectivity index (χ0n) is 12.5. The highest BCUT2D eigenvalue weighted by Gasteiger charge is 2.18. The Morgan fingerprint density at radius 2 is 1.81 bits per heavy atom. The van der Waals surface area contributed by atoms with Crippen molar-refractivity contribution >= 4 is 15.9 Å². The smallest absolute Gasteiger partial charge is 0.142 e. The second kappa shape index (κ2) is 6.69. The number of hydrogen-bond acceptors (Lipinski definition) is 2. The molecule has 0 aliphatic heterocycles. The Morgan fingerprint density at radius 1 is 1.19 bits per heavy atom. The Kier molecular flexibility index (Phi) is 5.14. The minimum Gasteiger partial charge on any atom is -0.271 e. The summed E-state index contributed by atoms with van der Waals surface area (Å²) in [6, 6.07) is 9.31. The van der Waals surface area contributed by atoms with Gasteiger partial charge in [-0.3, -0.25) is 11.3 Å². The van der Waals surface area contributed by atoms with E-state index in [-0.39, 0.29) is 11.9 Å². The van der Waals surface area contributed by atoms with E-state index in [1.165, 1.54) is 22.3 Å². The molecule has 0 aromatic heterocycles. The fourth-order valence-corrected chi connectivity index (χ4v) is 3.17. The Balaban J connectivity index is 2.38. The molecular formula is C17H20BrFN2. The van der Waals surface area contributed by atoms with E-state index in [4.69, 9.17) is 5.84 Å². The van der Waals surface area contributed by atoms with Crippen molar-refractivity contribution in [1.82, 2.24) is 5.43 Å². The van der Waals surface area contributed by atoms with E-state index in [0.717, 1.165) is 0 Å². The van der Waals surface area contributed by atoms with Crippen LogP contribution in [0.4, 0.5) is 4.39 Å². The molecule has 0 spiro atoms. The van der Waals surface area contributed by atoms with Crippen molar-refractivity contribution in [2.75, 3.05) is 0 Å². The molecule has 2 rings (SSSR count). The highest BCUT2D eigenvalue weighted by Crippen LogP contribution is 2.28. The number of rotatable bonds is 4. The lowest BCUT2D eigenvalue weighted by Gasteiger charge is -2.20. The van der Waals surface area contributed by atoms with Gasteiger partial charge in [0.2, 0.25) is 0 Å². The molecule has 1 unspecified atom stereocenters. The first kappa shape index (κ1) is 16.1. The lowest BCUT2D eigenvalue weighted by atomic mass is 9.92. The van der Waals surface area contributed by atoms with E-state index in [1.54, 1.807) is 12.1 Å². The summed E-state index contributed by atoms with van der Waals surface area (Å²) in [5.41, 5.74) is 8.19. The van der Waals surface area contributed by atoms with Gasteiger partial charge in [0.25, 0.3) is 0 Å². The third-order valence-corrected chi connectivity index (χ3v) is 4.42. The summed E-state index contributed by atoms with van der Waals surface area (Å²) < 4.78 is 14.7. The van der Waals surface area contributed by atoms with Crippen LogP contribution in [0.25, 0.3) is 0 Å². The fraction of sp³-hybridized carbons (Fsp3) is 0.294. The topological polar surface area (TPSA) is 38.0 Å². The molecule has 0 saturated carbocycles. The maximum atomic E-state index is 14.3. The number of nitrogens with one attached hydrogen (secondary N) is 1. The van der Waals surface area contributed by atoms with Gasteiger partial charge in [-0.05, 0) is 65.9 Å². The van der Waals surface area contributed by atoms with Gasteiger partial charge in [0.1, 0.15) is 5.82 Å². The number of halogens is 2. The van der Waals surface area contributed by atoms with E-state index in [9.17, 15) is 4.39 Å². The Hall–Kier alpha value is -1.23. The lowest BCUT2D eigenvalue weighted by molar-refractivity contribution is 0.507. The molecule has 3 N–H and O–H groups in total. The Morgan fingerprint density at radius 3 is 2.38 bits per heavy atom. The van der Waals surface area contributed by atoms with E-state index in [1.807, 2.05) is 6.07 Å². The fourth-order valence-electron chi connectivity index (χ4n) is 2.78. The molecule has 0 fully saturated rings. The van der Waals surface area contributed by atoms with Gasteiger partial charge in [-0.15, -0.1) is 0 Å². The number of aryl methyl sites for hydroxylation is 3. The molecule has 112 valence electrons. The SMILES string of the molecule is Cc1cc(C)c(CC(NN)c2cccc(Br)c2F)c(C)c1. The Labute approximate surface area is 133 Å². The monoisotopic (exact) mass is 350 g/mol. The number of hydrogen-bond donors (Lipinski definition) is 2. The van der Waals surface area contributed by atoms with Gasteiger partial charge in [-0.1, -0.05) is 29.8 Å². The summed E-state index contributed by atoms with van der Waals surface area (Å²) in [7, 11) is 0. The second-order valence-corrected chi connectivity index (χ2v) is 6.30. The van der Waals surface area contributed by atoms with Crippen molar-refractivity contribution in [2.24, 2.45) is 5.84 Å². The van der Waals surface area contributed by atoms with Crippen LogP contribution in [-0.2, 0) is 6.42 Å². The van der Waals surface area contributed by atoms with Crippen molar-refractivity contribution < 1.29 is 4.39 Å². The second-order valence-electron chi connectivity index (χ2n) is 5.44. The molecule has 2 aromatic rings. The van der Waals surface area contributed by atoms with Crippen LogP contribution in [0.5, 0.6) is 0 Å². The quantitative estimate of drug-likeness (QED) is 0.638. The van der Waals surface area contributed by atoms with Crippen LogP contribution in [0.1, 0.15) is 33.9 Å². The predicted octanol–water partition coefficient (Wildman–Crippen LogP) is 4.26. The molecule has 2 nitrogen and oxygen atoms in total. The van der Waals surface area contributed by atoms with Crippen LogP contribution in [0.3, 0.4) is 0 Å². The molecule has 2 aromatic carbocycles. The van der Waals surface area contributed by atoms with Gasteiger partial charge in [0.05, 0.1) is 10.5 Å². The highest BCUT2D eigenvalue weighted by molar-refractivity contribution is 9.10. The number of hydrazine groups is 1. The van der Waals surface area contributed by atoms with E-state index in [2.05, 4.69) is 54.3 Å². The molecule has 0 aliphatic rings. The first-order valence-electron chi connectivity index (χ1n) is 6.90. The van der Waals surface area contributed by atoms with Gasteiger partial charge in [0.15, 0.2) is 0 Å². The molecule has 0 aliphatic carbocycles. The molecule has 0 radical (unpaired) electrons. The van der Waals surface area contributed by atoms with Crippen LogP contribution in [-0.4, -0.2) is 0 Å². The maximum absolute atomic E-state index is 14.3. The molecule has 0 amide bonds. The first-order valence-corrected chi connectivity index (χ1v) is 7.70. The zero-order valence-corrected chi connectivity index (χ0v) is 14.1. The molecule has 0 saturated heterocycles. The molecule has 0 heterocycles. The minimum absolute atomic E-state index is 0.261. The highest BCUT2D eigenvalue weighted by atomic mass is 79.9. The zero-order chi connectivity index (χ0) is 15.6.